The van der Waals surface area contributed by atoms with Gasteiger partial charge in [-0.25, -0.2) is 13.4 Å². The monoisotopic (exact) mass is 501 g/mol. The van der Waals surface area contributed by atoms with Gasteiger partial charge in [-0.15, -0.1) is 11.3 Å². The predicted octanol–water partition coefficient (Wildman–Crippen LogP) is 4.26. The van der Waals surface area contributed by atoms with E-state index in [4.69, 9.17) is 9.47 Å². The minimum absolute atomic E-state index is 0.136. The molecule has 0 spiro atoms. The minimum Gasteiger partial charge on any atom is -0.497 e. The number of piperidine rings is 1. The zero-order valence-corrected chi connectivity index (χ0v) is 20.7. The molecule has 0 bridgehead atoms. The molecule has 2 aromatic carbocycles. The SMILES string of the molecule is CCOc1ccc(-c2csc(NC(=O)C3CCCN(S(=O)(=O)c4ccc(OC)cc4)C3)n2)cc1. The summed E-state index contributed by atoms with van der Waals surface area (Å²) in [5.74, 6) is 0.714. The van der Waals surface area contributed by atoms with Crippen LogP contribution in [-0.2, 0) is 14.8 Å². The maximum Gasteiger partial charge on any atom is 0.243 e. The maximum atomic E-state index is 13.1. The Morgan fingerprint density at radius 1 is 1.15 bits per heavy atom. The van der Waals surface area contributed by atoms with Crippen molar-refractivity contribution in [3.63, 3.8) is 0 Å². The summed E-state index contributed by atoms with van der Waals surface area (Å²) >= 11 is 1.34. The van der Waals surface area contributed by atoms with E-state index < -0.39 is 15.9 Å². The number of carbonyl (C=O) groups excluding carboxylic acids is 1. The Kier molecular flexibility index (Phi) is 7.50. The van der Waals surface area contributed by atoms with E-state index in [0.29, 0.717) is 36.9 Å². The number of nitrogens with one attached hydrogen (secondary N) is 1. The molecule has 0 saturated carbocycles. The van der Waals surface area contributed by atoms with Crippen LogP contribution in [-0.4, -0.2) is 50.4 Å². The highest BCUT2D eigenvalue weighted by Crippen LogP contribution is 2.29. The largest absolute Gasteiger partial charge is 0.497 e. The van der Waals surface area contributed by atoms with Crippen molar-refractivity contribution in [2.75, 3.05) is 32.1 Å². The number of ether oxygens (including phenoxy) is 2. The van der Waals surface area contributed by atoms with Gasteiger partial charge >= 0.3 is 0 Å². The first-order valence-corrected chi connectivity index (χ1v) is 13.4. The van der Waals surface area contributed by atoms with E-state index in [9.17, 15) is 13.2 Å². The fourth-order valence-electron chi connectivity index (χ4n) is 3.83. The topological polar surface area (TPSA) is 97.8 Å². The lowest BCUT2D eigenvalue weighted by Gasteiger charge is -2.31. The summed E-state index contributed by atoms with van der Waals surface area (Å²) in [6.07, 6.45) is 1.24. The van der Waals surface area contributed by atoms with Crippen molar-refractivity contribution in [1.82, 2.24) is 9.29 Å². The normalized spacial score (nSPS) is 16.7. The number of amides is 1. The van der Waals surface area contributed by atoms with Crippen molar-refractivity contribution in [3.05, 3.63) is 53.9 Å². The zero-order valence-electron chi connectivity index (χ0n) is 19.1. The van der Waals surface area contributed by atoms with Gasteiger partial charge in [0, 0.05) is 24.0 Å². The van der Waals surface area contributed by atoms with E-state index >= 15 is 0 Å². The summed E-state index contributed by atoms with van der Waals surface area (Å²) in [5.41, 5.74) is 1.69. The third-order valence-corrected chi connectivity index (χ3v) is 8.28. The minimum atomic E-state index is -3.69. The average Bonchev–Trinajstić information content (AvgIpc) is 3.33. The lowest BCUT2D eigenvalue weighted by Crippen LogP contribution is -2.43. The number of hydrogen-bond donors (Lipinski definition) is 1. The molecule has 4 rings (SSSR count). The van der Waals surface area contributed by atoms with Gasteiger partial charge in [0.2, 0.25) is 15.9 Å². The van der Waals surface area contributed by atoms with Gasteiger partial charge in [0.05, 0.1) is 30.2 Å². The standard InChI is InChI=1S/C24H27N3O5S2/c1-3-32-20-8-6-17(7-9-20)22-16-33-24(25-22)26-23(28)18-5-4-14-27(15-18)34(29,30)21-12-10-19(31-2)11-13-21/h6-13,16,18H,3-5,14-15H2,1-2H3,(H,25,26,28). The van der Waals surface area contributed by atoms with Crippen LogP contribution in [0.4, 0.5) is 5.13 Å². The van der Waals surface area contributed by atoms with Crippen LogP contribution in [0.3, 0.4) is 0 Å². The molecule has 1 aromatic heterocycles. The molecule has 180 valence electrons. The fraction of sp³-hybridized carbons (Fsp3) is 0.333. The first kappa shape index (κ1) is 24.2. The Hall–Kier alpha value is -2.95. The number of aromatic nitrogens is 1. The van der Waals surface area contributed by atoms with Crippen molar-refractivity contribution >= 4 is 32.4 Å². The maximum absolute atomic E-state index is 13.1. The average molecular weight is 502 g/mol. The molecule has 1 fully saturated rings. The number of anilines is 1. The molecule has 1 unspecified atom stereocenters. The second kappa shape index (κ2) is 10.5. The van der Waals surface area contributed by atoms with E-state index in [-0.39, 0.29) is 17.3 Å². The number of rotatable bonds is 8. The zero-order chi connectivity index (χ0) is 24.1. The second-order valence-electron chi connectivity index (χ2n) is 7.86. The molecule has 1 saturated heterocycles. The van der Waals surface area contributed by atoms with Gasteiger partial charge in [0.25, 0.3) is 0 Å². The molecule has 1 aliphatic heterocycles. The Bertz CT molecular complexity index is 1220. The highest BCUT2D eigenvalue weighted by Gasteiger charge is 2.33. The van der Waals surface area contributed by atoms with Crippen LogP contribution in [0, 0.1) is 5.92 Å². The quantitative estimate of drug-likeness (QED) is 0.495. The predicted molar refractivity (Wildman–Crippen MR) is 132 cm³/mol. The van der Waals surface area contributed by atoms with Gasteiger partial charge in [0.15, 0.2) is 5.13 Å². The number of hydrogen-bond acceptors (Lipinski definition) is 7. The Morgan fingerprint density at radius 3 is 2.53 bits per heavy atom. The molecule has 0 aliphatic carbocycles. The Labute approximate surface area is 203 Å². The molecule has 34 heavy (non-hydrogen) atoms. The number of thiazole rings is 1. The fourth-order valence-corrected chi connectivity index (χ4v) is 6.08. The third kappa shape index (κ3) is 5.40. The third-order valence-electron chi connectivity index (χ3n) is 5.65. The summed E-state index contributed by atoms with van der Waals surface area (Å²) in [5, 5.41) is 5.24. The highest BCUT2D eigenvalue weighted by molar-refractivity contribution is 7.89. The van der Waals surface area contributed by atoms with Crippen LogP contribution < -0.4 is 14.8 Å². The van der Waals surface area contributed by atoms with Crippen LogP contribution in [0.2, 0.25) is 0 Å². The summed E-state index contributed by atoms with van der Waals surface area (Å²) < 4.78 is 38.1. The number of nitrogens with zero attached hydrogens (tertiary/aromatic N) is 2. The summed E-state index contributed by atoms with van der Waals surface area (Å²) in [7, 11) is -2.16. The highest BCUT2D eigenvalue weighted by atomic mass is 32.2. The van der Waals surface area contributed by atoms with E-state index in [0.717, 1.165) is 17.0 Å². The second-order valence-corrected chi connectivity index (χ2v) is 10.7. The molecular weight excluding hydrogens is 474 g/mol. The van der Waals surface area contributed by atoms with Gasteiger partial charge < -0.3 is 14.8 Å². The first-order valence-electron chi connectivity index (χ1n) is 11.0. The van der Waals surface area contributed by atoms with Crippen LogP contribution in [0.15, 0.2) is 58.8 Å². The molecule has 1 atom stereocenters. The van der Waals surface area contributed by atoms with E-state index in [2.05, 4.69) is 10.3 Å². The van der Waals surface area contributed by atoms with E-state index in [1.54, 1.807) is 12.1 Å². The van der Waals surface area contributed by atoms with Crippen molar-refractivity contribution < 1.29 is 22.7 Å². The molecule has 1 aliphatic rings. The number of sulfonamides is 1. The lowest BCUT2D eigenvalue weighted by molar-refractivity contribution is -0.120. The van der Waals surface area contributed by atoms with Crippen LogP contribution in [0.25, 0.3) is 11.3 Å². The van der Waals surface area contributed by atoms with Crippen LogP contribution >= 0.6 is 11.3 Å². The molecule has 1 amide bonds. The molecule has 1 N–H and O–H groups in total. The van der Waals surface area contributed by atoms with Gasteiger partial charge in [-0.1, -0.05) is 0 Å². The summed E-state index contributed by atoms with van der Waals surface area (Å²) in [6, 6.07) is 13.9. The lowest BCUT2D eigenvalue weighted by atomic mass is 9.99. The molecule has 10 heteroatoms. The number of methoxy groups -OCH3 is 1. The Balaban J connectivity index is 1.40. The number of carbonyl (C=O) groups is 1. The van der Waals surface area contributed by atoms with Crippen LogP contribution in [0.1, 0.15) is 19.8 Å². The summed E-state index contributed by atoms with van der Waals surface area (Å²) in [4.78, 5) is 17.6. The molecule has 8 nitrogen and oxygen atoms in total. The smallest absolute Gasteiger partial charge is 0.243 e. The molecule has 2 heterocycles. The van der Waals surface area contributed by atoms with Gasteiger partial charge in [0.1, 0.15) is 11.5 Å². The van der Waals surface area contributed by atoms with Gasteiger partial charge in [-0.05, 0) is 68.3 Å². The van der Waals surface area contributed by atoms with Crippen LogP contribution in [0.5, 0.6) is 11.5 Å². The first-order chi connectivity index (χ1) is 16.4. The molecule has 0 radical (unpaired) electrons. The molecule has 3 aromatic rings. The summed E-state index contributed by atoms with van der Waals surface area (Å²) in [6.45, 7) is 3.06. The Morgan fingerprint density at radius 2 is 1.85 bits per heavy atom. The van der Waals surface area contributed by atoms with Gasteiger partial charge in [-0.3, -0.25) is 4.79 Å². The van der Waals surface area contributed by atoms with Crippen molar-refractivity contribution in [2.45, 2.75) is 24.7 Å². The van der Waals surface area contributed by atoms with E-state index in [1.165, 1.54) is 34.9 Å². The van der Waals surface area contributed by atoms with Crippen molar-refractivity contribution in [3.8, 4) is 22.8 Å². The van der Waals surface area contributed by atoms with E-state index in [1.807, 2.05) is 36.6 Å². The molecular formula is C24H27N3O5S2. The number of benzene rings is 2. The van der Waals surface area contributed by atoms with Crippen molar-refractivity contribution in [1.29, 1.82) is 0 Å². The van der Waals surface area contributed by atoms with Crippen molar-refractivity contribution in [2.24, 2.45) is 5.92 Å². The van der Waals surface area contributed by atoms with Gasteiger partial charge in [-0.2, -0.15) is 4.31 Å².